The molecule has 0 radical (unpaired) electrons. The Kier molecular flexibility index (Phi) is 5.04. The van der Waals surface area contributed by atoms with Crippen LogP contribution in [0.1, 0.15) is 27.2 Å². The van der Waals surface area contributed by atoms with E-state index in [9.17, 15) is 0 Å². The summed E-state index contributed by atoms with van der Waals surface area (Å²) in [7, 11) is 0. The van der Waals surface area contributed by atoms with Crippen molar-refractivity contribution in [2.75, 3.05) is 5.32 Å². The first-order chi connectivity index (χ1) is 7.84. The molecule has 2 N–H and O–H groups in total. The molecule has 0 fully saturated rings. The van der Waals surface area contributed by atoms with Gasteiger partial charge < -0.3 is 10.6 Å². The highest BCUT2D eigenvalue weighted by atomic mass is 35.5. The van der Waals surface area contributed by atoms with Crippen molar-refractivity contribution in [3.05, 3.63) is 28.2 Å². The summed E-state index contributed by atoms with van der Waals surface area (Å²) in [5, 5.41) is 8.02. The second-order valence-electron chi connectivity index (χ2n) is 4.44. The highest BCUT2D eigenvalue weighted by molar-refractivity contribution is 7.80. The third kappa shape index (κ3) is 4.70. The van der Waals surface area contributed by atoms with Gasteiger partial charge in [0.05, 0.1) is 10.7 Å². The molecule has 0 saturated carbocycles. The normalized spacial score (nSPS) is 11.1. The number of benzene rings is 1. The fraction of sp³-hybridized carbons (Fsp3) is 0.417. The Bertz CT molecular complexity index is 419. The molecule has 0 atom stereocenters. The molecule has 1 rings (SSSR count). The summed E-state index contributed by atoms with van der Waals surface area (Å²) in [6.07, 6.45) is 0.970. The average Bonchev–Trinajstić information content (AvgIpc) is 2.23. The molecule has 1 aromatic carbocycles. The highest BCUT2D eigenvalue weighted by Gasteiger charge is 2.16. The maximum atomic E-state index is 6.04. The van der Waals surface area contributed by atoms with Crippen LogP contribution in [0.15, 0.2) is 18.2 Å². The predicted molar refractivity (Wildman–Crippen MR) is 80.2 cm³/mol. The standard InChI is InChI=1S/C12H16Cl2N2S/c1-4-12(2,3)16-11(17)15-10-7-8(13)5-6-9(10)14/h5-7H,4H2,1-3H3,(H2,15,16,17). The predicted octanol–water partition coefficient (Wildman–Crippen LogP) is 4.47. The van der Waals surface area contributed by atoms with Crippen LogP contribution in [0.3, 0.4) is 0 Å². The smallest absolute Gasteiger partial charge is 0.171 e. The molecular weight excluding hydrogens is 275 g/mol. The lowest BCUT2D eigenvalue weighted by Crippen LogP contribution is -2.44. The summed E-state index contributed by atoms with van der Waals surface area (Å²) in [6, 6.07) is 5.22. The number of hydrogen-bond donors (Lipinski definition) is 2. The van der Waals surface area contributed by atoms with Gasteiger partial charge in [-0.3, -0.25) is 0 Å². The summed E-state index contributed by atoms with van der Waals surface area (Å²) in [5.41, 5.74) is 0.665. The van der Waals surface area contributed by atoms with E-state index in [0.717, 1.165) is 6.42 Å². The molecule has 17 heavy (non-hydrogen) atoms. The van der Waals surface area contributed by atoms with Gasteiger partial charge in [0.2, 0.25) is 0 Å². The maximum absolute atomic E-state index is 6.04. The van der Waals surface area contributed by atoms with E-state index in [2.05, 4.69) is 31.4 Å². The Morgan fingerprint density at radius 2 is 2.00 bits per heavy atom. The van der Waals surface area contributed by atoms with Crippen LogP contribution in [0.2, 0.25) is 10.0 Å². The van der Waals surface area contributed by atoms with Crippen LogP contribution in [-0.2, 0) is 0 Å². The first-order valence-electron chi connectivity index (χ1n) is 5.38. The highest BCUT2D eigenvalue weighted by Crippen LogP contribution is 2.25. The monoisotopic (exact) mass is 290 g/mol. The second-order valence-corrected chi connectivity index (χ2v) is 5.69. The number of thiocarbonyl (C=S) groups is 1. The summed E-state index contributed by atoms with van der Waals surface area (Å²) in [4.78, 5) is 0. The van der Waals surface area contributed by atoms with Crippen LogP contribution < -0.4 is 10.6 Å². The van der Waals surface area contributed by atoms with E-state index >= 15 is 0 Å². The van der Waals surface area contributed by atoms with E-state index in [4.69, 9.17) is 35.4 Å². The van der Waals surface area contributed by atoms with Gasteiger partial charge in [0, 0.05) is 10.6 Å². The molecule has 0 aliphatic heterocycles. The van der Waals surface area contributed by atoms with Gasteiger partial charge in [0.1, 0.15) is 0 Å². The van der Waals surface area contributed by atoms with Gasteiger partial charge in [-0.25, -0.2) is 0 Å². The summed E-state index contributed by atoms with van der Waals surface area (Å²) < 4.78 is 0. The first-order valence-corrected chi connectivity index (χ1v) is 6.54. The Labute approximate surface area is 118 Å². The lowest BCUT2D eigenvalue weighted by molar-refractivity contribution is 0.448. The van der Waals surface area contributed by atoms with Crippen molar-refractivity contribution < 1.29 is 0 Å². The van der Waals surface area contributed by atoms with Gasteiger partial charge >= 0.3 is 0 Å². The topological polar surface area (TPSA) is 24.1 Å². The van der Waals surface area contributed by atoms with E-state index in [1.807, 2.05) is 0 Å². The van der Waals surface area contributed by atoms with Gasteiger partial charge in [-0.1, -0.05) is 30.1 Å². The summed E-state index contributed by atoms with van der Waals surface area (Å²) >= 11 is 17.2. The Morgan fingerprint density at radius 1 is 1.35 bits per heavy atom. The molecular formula is C12H16Cl2N2S. The van der Waals surface area contributed by atoms with Gasteiger partial charge in [0.15, 0.2) is 5.11 Å². The van der Waals surface area contributed by atoms with Gasteiger partial charge in [-0.2, -0.15) is 0 Å². The minimum atomic E-state index is -0.0465. The third-order valence-electron chi connectivity index (χ3n) is 2.51. The molecule has 1 aromatic rings. The summed E-state index contributed by atoms with van der Waals surface area (Å²) in [5.74, 6) is 0. The van der Waals surface area contributed by atoms with Crippen molar-refractivity contribution in [2.24, 2.45) is 0 Å². The first kappa shape index (κ1) is 14.6. The lowest BCUT2D eigenvalue weighted by atomic mass is 10.0. The van der Waals surface area contributed by atoms with Crippen molar-refractivity contribution in [1.82, 2.24) is 5.32 Å². The number of rotatable bonds is 3. The zero-order valence-electron chi connectivity index (χ0n) is 10.1. The van der Waals surface area contributed by atoms with Crippen LogP contribution >= 0.6 is 35.4 Å². The maximum Gasteiger partial charge on any atom is 0.171 e. The quantitative estimate of drug-likeness (QED) is 0.804. The van der Waals surface area contributed by atoms with Crippen LogP contribution in [0.25, 0.3) is 0 Å². The van der Waals surface area contributed by atoms with E-state index in [-0.39, 0.29) is 5.54 Å². The van der Waals surface area contributed by atoms with E-state index in [1.165, 1.54) is 0 Å². The Hall–Kier alpha value is -0.510. The molecule has 0 unspecified atom stereocenters. The van der Waals surface area contributed by atoms with Crippen LogP contribution in [0, 0.1) is 0 Å². The van der Waals surface area contributed by atoms with Gasteiger partial charge in [-0.15, -0.1) is 0 Å². The van der Waals surface area contributed by atoms with E-state index in [0.29, 0.717) is 20.8 Å². The molecule has 5 heteroatoms. The molecule has 0 saturated heterocycles. The molecule has 0 heterocycles. The number of halogens is 2. The fourth-order valence-electron chi connectivity index (χ4n) is 1.14. The van der Waals surface area contributed by atoms with Crippen molar-refractivity contribution >= 4 is 46.2 Å². The molecule has 0 amide bonds. The number of hydrogen-bond acceptors (Lipinski definition) is 1. The van der Waals surface area contributed by atoms with Crippen molar-refractivity contribution in [3.8, 4) is 0 Å². The van der Waals surface area contributed by atoms with Crippen molar-refractivity contribution in [2.45, 2.75) is 32.7 Å². The van der Waals surface area contributed by atoms with E-state index in [1.54, 1.807) is 18.2 Å². The lowest BCUT2D eigenvalue weighted by Gasteiger charge is -2.26. The van der Waals surface area contributed by atoms with Crippen molar-refractivity contribution in [3.63, 3.8) is 0 Å². The molecule has 94 valence electrons. The summed E-state index contributed by atoms with van der Waals surface area (Å²) in [6.45, 7) is 6.27. The fourth-order valence-corrected chi connectivity index (χ4v) is 1.87. The number of nitrogens with one attached hydrogen (secondary N) is 2. The molecule has 0 aliphatic carbocycles. The SMILES string of the molecule is CCC(C)(C)NC(=S)Nc1cc(Cl)ccc1Cl. The Balaban J connectivity index is 2.71. The third-order valence-corrected chi connectivity index (χ3v) is 3.28. The molecule has 0 aromatic heterocycles. The van der Waals surface area contributed by atoms with Gasteiger partial charge in [0.25, 0.3) is 0 Å². The minimum absolute atomic E-state index is 0.0465. The molecule has 0 aliphatic rings. The zero-order valence-corrected chi connectivity index (χ0v) is 12.4. The molecule has 0 bridgehead atoms. The second kappa shape index (κ2) is 5.89. The van der Waals surface area contributed by atoms with Gasteiger partial charge in [-0.05, 0) is 50.7 Å². The molecule has 2 nitrogen and oxygen atoms in total. The largest absolute Gasteiger partial charge is 0.358 e. The minimum Gasteiger partial charge on any atom is -0.358 e. The Morgan fingerprint density at radius 3 is 2.59 bits per heavy atom. The van der Waals surface area contributed by atoms with Crippen molar-refractivity contribution in [1.29, 1.82) is 0 Å². The molecule has 0 spiro atoms. The zero-order chi connectivity index (χ0) is 13.1. The van der Waals surface area contributed by atoms with Crippen LogP contribution in [-0.4, -0.2) is 10.7 Å². The average molecular weight is 291 g/mol. The van der Waals surface area contributed by atoms with Crippen LogP contribution in [0.5, 0.6) is 0 Å². The van der Waals surface area contributed by atoms with E-state index < -0.39 is 0 Å². The number of anilines is 1. The van der Waals surface area contributed by atoms with Crippen LogP contribution in [0.4, 0.5) is 5.69 Å².